The zero-order chi connectivity index (χ0) is 14.8. The van der Waals surface area contributed by atoms with Crippen LogP contribution >= 0.6 is 11.6 Å². The number of fused-ring (bicyclic) bond motifs is 1. The van der Waals surface area contributed by atoms with Gasteiger partial charge in [0.25, 0.3) is 0 Å². The van der Waals surface area contributed by atoms with Crippen molar-refractivity contribution in [3.8, 4) is 0 Å². The fraction of sp³-hybridized carbons (Fsp3) is 0.125. The Morgan fingerprint density at radius 2 is 2.10 bits per heavy atom. The fourth-order valence-electron chi connectivity index (χ4n) is 2.10. The van der Waals surface area contributed by atoms with Gasteiger partial charge in [0.1, 0.15) is 12.3 Å². The Balaban J connectivity index is 1.76. The van der Waals surface area contributed by atoms with Crippen LogP contribution in [0.1, 0.15) is 21.7 Å². The van der Waals surface area contributed by atoms with Gasteiger partial charge in [0.2, 0.25) is 0 Å². The van der Waals surface area contributed by atoms with Crippen molar-refractivity contribution in [1.82, 2.24) is 9.38 Å². The van der Waals surface area contributed by atoms with E-state index < -0.39 is 5.97 Å². The first-order valence-electron chi connectivity index (χ1n) is 6.50. The van der Waals surface area contributed by atoms with E-state index in [9.17, 15) is 4.79 Å². The minimum absolute atomic E-state index is 0.173. The number of halogens is 1. The van der Waals surface area contributed by atoms with E-state index in [4.69, 9.17) is 16.3 Å². The van der Waals surface area contributed by atoms with Gasteiger partial charge in [0.05, 0.1) is 0 Å². The molecule has 4 nitrogen and oxygen atoms in total. The lowest BCUT2D eigenvalue weighted by atomic mass is 10.2. The fourth-order valence-corrected chi connectivity index (χ4v) is 2.31. The highest BCUT2D eigenvalue weighted by molar-refractivity contribution is 6.30. The number of aryl methyl sites for hydroxylation is 1. The number of carbonyl (C=O) groups is 1. The van der Waals surface area contributed by atoms with Crippen molar-refractivity contribution in [2.24, 2.45) is 0 Å². The number of carbonyl (C=O) groups excluding carboxylic acids is 1. The van der Waals surface area contributed by atoms with Gasteiger partial charge < -0.3 is 9.14 Å². The monoisotopic (exact) mass is 300 g/mol. The van der Waals surface area contributed by atoms with Crippen molar-refractivity contribution in [1.29, 1.82) is 0 Å². The molecule has 0 atom stereocenters. The molecule has 0 aliphatic rings. The topological polar surface area (TPSA) is 43.6 Å². The lowest BCUT2D eigenvalue weighted by molar-refractivity contribution is 0.0466. The SMILES string of the molecule is Cc1cccc2nc(C(=O)OCc3cccc(Cl)c3)cn12. The van der Waals surface area contributed by atoms with Crippen molar-refractivity contribution in [2.45, 2.75) is 13.5 Å². The number of ether oxygens (including phenoxy) is 1. The number of benzene rings is 1. The lowest BCUT2D eigenvalue weighted by Gasteiger charge is -2.03. The molecule has 21 heavy (non-hydrogen) atoms. The quantitative estimate of drug-likeness (QED) is 0.693. The van der Waals surface area contributed by atoms with Gasteiger partial charge in [-0.15, -0.1) is 0 Å². The Morgan fingerprint density at radius 3 is 2.86 bits per heavy atom. The van der Waals surface area contributed by atoms with Crippen LogP contribution < -0.4 is 0 Å². The number of aromatic nitrogens is 2. The number of rotatable bonds is 3. The maximum Gasteiger partial charge on any atom is 0.358 e. The molecule has 0 saturated heterocycles. The standard InChI is InChI=1S/C16H13ClN2O2/c1-11-4-2-7-15-18-14(9-19(11)15)16(20)21-10-12-5-3-6-13(17)8-12/h2-9H,10H2,1H3. The van der Waals surface area contributed by atoms with Gasteiger partial charge in [0, 0.05) is 16.9 Å². The van der Waals surface area contributed by atoms with Crippen molar-refractivity contribution in [2.75, 3.05) is 0 Å². The van der Waals surface area contributed by atoms with Crippen LogP contribution in [0.4, 0.5) is 0 Å². The number of nitrogens with zero attached hydrogens (tertiary/aromatic N) is 2. The Bertz CT molecular complexity index is 811. The summed E-state index contributed by atoms with van der Waals surface area (Å²) in [6.45, 7) is 2.13. The Kier molecular flexibility index (Phi) is 3.62. The third-order valence-corrected chi connectivity index (χ3v) is 3.40. The predicted molar refractivity (Wildman–Crippen MR) is 80.5 cm³/mol. The molecule has 0 aliphatic carbocycles. The molecule has 5 heteroatoms. The van der Waals surface area contributed by atoms with E-state index >= 15 is 0 Å². The second-order valence-corrected chi connectivity index (χ2v) is 5.16. The molecule has 0 amide bonds. The van der Waals surface area contributed by atoms with Gasteiger partial charge in [-0.3, -0.25) is 0 Å². The molecule has 0 bridgehead atoms. The highest BCUT2D eigenvalue weighted by Gasteiger charge is 2.13. The normalized spacial score (nSPS) is 10.8. The molecule has 0 saturated carbocycles. The zero-order valence-electron chi connectivity index (χ0n) is 11.4. The minimum Gasteiger partial charge on any atom is -0.456 e. The molecular formula is C16H13ClN2O2. The van der Waals surface area contributed by atoms with Gasteiger partial charge in [0.15, 0.2) is 5.69 Å². The van der Waals surface area contributed by atoms with Crippen LogP contribution in [-0.2, 0) is 11.3 Å². The van der Waals surface area contributed by atoms with Crippen LogP contribution in [-0.4, -0.2) is 15.4 Å². The molecule has 0 aliphatic heterocycles. The molecule has 2 aromatic heterocycles. The number of esters is 1. The molecule has 0 unspecified atom stereocenters. The molecule has 0 N–H and O–H groups in total. The van der Waals surface area contributed by atoms with Gasteiger partial charge in [-0.1, -0.05) is 29.8 Å². The average molecular weight is 301 g/mol. The van der Waals surface area contributed by atoms with E-state index in [0.717, 1.165) is 16.9 Å². The first-order chi connectivity index (χ1) is 10.1. The van der Waals surface area contributed by atoms with Crippen LogP contribution in [0.15, 0.2) is 48.7 Å². The molecule has 3 aromatic rings. The molecular weight excluding hydrogens is 288 g/mol. The molecule has 2 heterocycles. The maximum atomic E-state index is 12.1. The summed E-state index contributed by atoms with van der Waals surface area (Å²) < 4.78 is 7.12. The summed E-state index contributed by atoms with van der Waals surface area (Å²) in [4.78, 5) is 16.3. The van der Waals surface area contributed by atoms with E-state index in [0.29, 0.717) is 10.7 Å². The van der Waals surface area contributed by atoms with Gasteiger partial charge in [-0.05, 0) is 36.8 Å². The summed E-state index contributed by atoms with van der Waals surface area (Å²) in [5.41, 5.74) is 2.88. The molecule has 106 valence electrons. The van der Waals surface area contributed by atoms with Crippen molar-refractivity contribution < 1.29 is 9.53 Å². The van der Waals surface area contributed by atoms with Gasteiger partial charge in [-0.25, -0.2) is 9.78 Å². The third kappa shape index (κ3) is 2.90. The molecule has 1 aromatic carbocycles. The Morgan fingerprint density at radius 1 is 1.29 bits per heavy atom. The number of hydrogen-bond donors (Lipinski definition) is 0. The van der Waals surface area contributed by atoms with Crippen LogP contribution in [0.2, 0.25) is 5.02 Å². The maximum absolute atomic E-state index is 12.1. The van der Waals surface area contributed by atoms with E-state index in [2.05, 4.69) is 4.98 Å². The van der Waals surface area contributed by atoms with Crippen molar-refractivity contribution in [3.63, 3.8) is 0 Å². The first kappa shape index (κ1) is 13.6. The van der Waals surface area contributed by atoms with E-state index in [-0.39, 0.29) is 6.61 Å². The number of hydrogen-bond acceptors (Lipinski definition) is 3. The molecule has 0 fully saturated rings. The molecule has 0 radical (unpaired) electrons. The molecule has 3 rings (SSSR count). The lowest BCUT2D eigenvalue weighted by Crippen LogP contribution is -2.05. The Hall–Kier alpha value is -2.33. The van der Waals surface area contributed by atoms with Crippen molar-refractivity contribution in [3.05, 3.63) is 70.6 Å². The highest BCUT2D eigenvalue weighted by atomic mass is 35.5. The minimum atomic E-state index is -0.446. The van der Waals surface area contributed by atoms with Crippen molar-refractivity contribution >= 4 is 23.2 Å². The van der Waals surface area contributed by atoms with Gasteiger partial charge in [-0.2, -0.15) is 0 Å². The summed E-state index contributed by atoms with van der Waals surface area (Å²) in [5, 5.41) is 0.618. The smallest absolute Gasteiger partial charge is 0.358 e. The third-order valence-electron chi connectivity index (χ3n) is 3.16. The summed E-state index contributed by atoms with van der Waals surface area (Å²) in [7, 11) is 0. The molecule has 0 spiro atoms. The van der Waals surface area contributed by atoms with Gasteiger partial charge >= 0.3 is 5.97 Å². The number of imidazole rings is 1. The largest absolute Gasteiger partial charge is 0.456 e. The summed E-state index contributed by atoms with van der Waals surface area (Å²) in [5.74, 6) is -0.446. The Labute approximate surface area is 126 Å². The summed E-state index contributed by atoms with van der Waals surface area (Å²) >= 11 is 5.89. The average Bonchev–Trinajstić information content (AvgIpc) is 2.90. The second kappa shape index (κ2) is 5.58. The predicted octanol–water partition coefficient (Wildman–Crippen LogP) is 3.65. The number of pyridine rings is 1. The summed E-state index contributed by atoms with van der Waals surface area (Å²) in [6.07, 6.45) is 1.69. The van der Waals surface area contributed by atoms with Crippen LogP contribution in [0.5, 0.6) is 0 Å². The van der Waals surface area contributed by atoms with E-state index in [1.807, 2.05) is 41.7 Å². The van der Waals surface area contributed by atoms with Crippen LogP contribution in [0.25, 0.3) is 5.65 Å². The van der Waals surface area contributed by atoms with E-state index in [1.54, 1.807) is 18.3 Å². The first-order valence-corrected chi connectivity index (χ1v) is 6.87. The van der Waals surface area contributed by atoms with Crippen LogP contribution in [0, 0.1) is 6.92 Å². The second-order valence-electron chi connectivity index (χ2n) is 4.73. The zero-order valence-corrected chi connectivity index (χ0v) is 12.2. The van der Waals surface area contributed by atoms with Crippen LogP contribution in [0.3, 0.4) is 0 Å². The summed E-state index contributed by atoms with van der Waals surface area (Å²) in [6, 6.07) is 12.9. The highest BCUT2D eigenvalue weighted by Crippen LogP contribution is 2.13. The van der Waals surface area contributed by atoms with E-state index in [1.165, 1.54) is 0 Å².